The van der Waals surface area contributed by atoms with Gasteiger partial charge in [0.15, 0.2) is 0 Å². The summed E-state index contributed by atoms with van der Waals surface area (Å²) in [4.78, 5) is 17.8. The zero-order valence-corrected chi connectivity index (χ0v) is 12.1. The average molecular weight is 320 g/mol. The van der Waals surface area contributed by atoms with Gasteiger partial charge in [-0.15, -0.1) is 0 Å². The van der Waals surface area contributed by atoms with Gasteiger partial charge in [-0.1, -0.05) is 34.1 Å². The van der Waals surface area contributed by atoms with Crippen LogP contribution in [0.4, 0.5) is 5.82 Å². The Morgan fingerprint density at radius 2 is 2.11 bits per heavy atom. The highest BCUT2D eigenvalue weighted by Crippen LogP contribution is 2.18. The molecule has 2 N–H and O–H groups in total. The molecule has 1 aromatic carbocycles. The summed E-state index contributed by atoms with van der Waals surface area (Å²) in [5.41, 5.74) is 7.18. The maximum absolute atomic E-state index is 12.2. The maximum atomic E-state index is 12.2. The summed E-state index contributed by atoms with van der Waals surface area (Å²) in [6.45, 7) is 0.530. The van der Waals surface area contributed by atoms with Crippen LogP contribution in [0.2, 0.25) is 0 Å². The van der Waals surface area contributed by atoms with E-state index in [9.17, 15) is 4.79 Å². The summed E-state index contributed by atoms with van der Waals surface area (Å²) in [6.07, 6.45) is 1.54. The van der Waals surface area contributed by atoms with Gasteiger partial charge in [0.1, 0.15) is 5.82 Å². The number of rotatable bonds is 3. The maximum Gasteiger partial charge on any atom is 0.254 e. The van der Waals surface area contributed by atoms with Gasteiger partial charge in [-0.3, -0.25) is 4.79 Å². The molecule has 0 atom stereocenters. The zero-order valence-electron chi connectivity index (χ0n) is 10.5. The van der Waals surface area contributed by atoms with Gasteiger partial charge < -0.3 is 10.6 Å². The van der Waals surface area contributed by atoms with Gasteiger partial charge in [0, 0.05) is 29.8 Å². The SMILES string of the molecule is CN(Cc1ccccc1Br)C(=O)c1ccnc(N)c1. The largest absolute Gasteiger partial charge is 0.384 e. The van der Waals surface area contributed by atoms with Gasteiger partial charge in [0.05, 0.1) is 0 Å². The highest BCUT2D eigenvalue weighted by Gasteiger charge is 2.13. The number of nitrogen functional groups attached to an aromatic ring is 1. The van der Waals surface area contributed by atoms with Crippen molar-refractivity contribution in [2.24, 2.45) is 0 Å². The number of carbonyl (C=O) groups excluding carboxylic acids is 1. The third-order valence-corrected chi connectivity index (χ3v) is 3.51. The van der Waals surface area contributed by atoms with Gasteiger partial charge in [0.25, 0.3) is 5.91 Å². The van der Waals surface area contributed by atoms with Gasteiger partial charge in [-0.05, 0) is 23.8 Å². The first-order valence-electron chi connectivity index (χ1n) is 5.78. The fourth-order valence-electron chi connectivity index (χ4n) is 1.76. The van der Waals surface area contributed by atoms with Crippen molar-refractivity contribution in [3.05, 3.63) is 58.2 Å². The first-order chi connectivity index (χ1) is 9.08. The van der Waals surface area contributed by atoms with Crippen LogP contribution in [-0.4, -0.2) is 22.8 Å². The minimum Gasteiger partial charge on any atom is -0.384 e. The highest BCUT2D eigenvalue weighted by molar-refractivity contribution is 9.10. The van der Waals surface area contributed by atoms with E-state index in [0.29, 0.717) is 17.9 Å². The van der Waals surface area contributed by atoms with Crippen molar-refractivity contribution in [3.8, 4) is 0 Å². The molecule has 4 nitrogen and oxygen atoms in total. The predicted octanol–water partition coefficient (Wildman–Crippen LogP) is 2.70. The van der Waals surface area contributed by atoms with E-state index < -0.39 is 0 Å². The molecule has 1 heterocycles. The average Bonchev–Trinajstić information content (AvgIpc) is 2.40. The van der Waals surface area contributed by atoms with Crippen molar-refractivity contribution in [2.45, 2.75) is 6.54 Å². The molecule has 0 aliphatic rings. The number of pyridine rings is 1. The molecule has 0 saturated carbocycles. The van der Waals surface area contributed by atoms with Crippen molar-refractivity contribution in [3.63, 3.8) is 0 Å². The van der Waals surface area contributed by atoms with Crippen LogP contribution in [0.15, 0.2) is 47.1 Å². The fourth-order valence-corrected chi connectivity index (χ4v) is 2.17. The molecule has 0 bridgehead atoms. The van der Waals surface area contributed by atoms with Crippen LogP contribution in [0.25, 0.3) is 0 Å². The van der Waals surface area contributed by atoms with E-state index in [1.165, 1.54) is 6.20 Å². The lowest BCUT2D eigenvalue weighted by molar-refractivity contribution is 0.0785. The number of hydrogen-bond donors (Lipinski definition) is 1. The number of benzene rings is 1. The topological polar surface area (TPSA) is 59.2 Å². The molecule has 0 fully saturated rings. The molecule has 19 heavy (non-hydrogen) atoms. The third-order valence-electron chi connectivity index (χ3n) is 2.74. The zero-order chi connectivity index (χ0) is 13.8. The lowest BCUT2D eigenvalue weighted by atomic mass is 10.2. The van der Waals surface area contributed by atoms with Gasteiger partial charge >= 0.3 is 0 Å². The molecule has 2 rings (SSSR count). The molecule has 0 spiro atoms. The number of halogens is 1. The third kappa shape index (κ3) is 3.32. The van der Waals surface area contributed by atoms with Crippen LogP contribution in [0.1, 0.15) is 15.9 Å². The molecule has 5 heteroatoms. The summed E-state index contributed by atoms with van der Waals surface area (Å²) in [5, 5.41) is 0. The van der Waals surface area contributed by atoms with E-state index in [1.54, 1.807) is 24.1 Å². The Hall–Kier alpha value is -1.88. The van der Waals surface area contributed by atoms with E-state index >= 15 is 0 Å². The molecule has 0 radical (unpaired) electrons. The summed E-state index contributed by atoms with van der Waals surface area (Å²) in [6, 6.07) is 11.1. The summed E-state index contributed by atoms with van der Waals surface area (Å²) in [7, 11) is 1.76. The molecule has 1 aromatic heterocycles. The first-order valence-corrected chi connectivity index (χ1v) is 6.57. The van der Waals surface area contributed by atoms with Crippen molar-refractivity contribution < 1.29 is 4.79 Å². The molecular weight excluding hydrogens is 306 g/mol. The normalized spacial score (nSPS) is 10.2. The van der Waals surface area contributed by atoms with Crippen LogP contribution in [-0.2, 0) is 6.54 Å². The molecule has 98 valence electrons. The molecule has 2 aromatic rings. The second-order valence-corrected chi connectivity index (χ2v) is 5.08. The van der Waals surface area contributed by atoms with Crippen molar-refractivity contribution in [2.75, 3.05) is 12.8 Å². The van der Waals surface area contributed by atoms with Crippen LogP contribution < -0.4 is 5.73 Å². The van der Waals surface area contributed by atoms with Gasteiger partial charge in [0.2, 0.25) is 0 Å². The van der Waals surface area contributed by atoms with Crippen molar-refractivity contribution in [1.29, 1.82) is 0 Å². The summed E-state index contributed by atoms with van der Waals surface area (Å²) >= 11 is 3.47. The van der Waals surface area contributed by atoms with E-state index in [0.717, 1.165) is 10.0 Å². The van der Waals surface area contributed by atoms with Crippen LogP contribution in [0.5, 0.6) is 0 Å². The highest BCUT2D eigenvalue weighted by atomic mass is 79.9. The minimum atomic E-state index is -0.0788. The lowest BCUT2D eigenvalue weighted by Gasteiger charge is -2.18. The fraction of sp³-hybridized carbons (Fsp3) is 0.143. The van der Waals surface area contributed by atoms with E-state index in [-0.39, 0.29) is 5.91 Å². The molecular formula is C14H14BrN3O. The quantitative estimate of drug-likeness (QED) is 0.946. The number of carbonyl (C=O) groups is 1. The first kappa shape index (κ1) is 13.5. The van der Waals surface area contributed by atoms with Crippen LogP contribution in [0, 0.1) is 0 Å². The van der Waals surface area contributed by atoms with E-state index in [2.05, 4.69) is 20.9 Å². The molecule has 0 saturated heterocycles. The lowest BCUT2D eigenvalue weighted by Crippen LogP contribution is -2.26. The minimum absolute atomic E-state index is 0.0788. The smallest absolute Gasteiger partial charge is 0.254 e. The number of nitrogens with zero attached hydrogens (tertiary/aromatic N) is 2. The molecule has 0 unspecified atom stereocenters. The Balaban J connectivity index is 2.14. The van der Waals surface area contributed by atoms with E-state index in [4.69, 9.17) is 5.73 Å². The molecule has 0 aliphatic heterocycles. The molecule has 1 amide bonds. The Morgan fingerprint density at radius 3 is 2.79 bits per heavy atom. The Kier molecular flexibility index (Phi) is 4.16. The number of nitrogens with two attached hydrogens (primary N) is 1. The second kappa shape index (κ2) is 5.84. The second-order valence-electron chi connectivity index (χ2n) is 4.22. The number of aromatic nitrogens is 1. The molecule has 0 aliphatic carbocycles. The van der Waals surface area contributed by atoms with Gasteiger partial charge in [-0.25, -0.2) is 4.98 Å². The Morgan fingerprint density at radius 1 is 1.37 bits per heavy atom. The summed E-state index contributed by atoms with van der Waals surface area (Å²) < 4.78 is 0.990. The van der Waals surface area contributed by atoms with Gasteiger partial charge in [-0.2, -0.15) is 0 Å². The number of hydrogen-bond acceptors (Lipinski definition) is 3. The Labute approximate surface area is 120 Å². The van der Waals surface area contributed by atoms with Crippen LogP contribution in [0.3, 0.4) is 0 Å². The predicted molar refractivity (Wildman–Crippen MR) is 78.6 cm³/mol. The number of amides is 1. The van der Waals surface area contributed by atoms with Crippen molar-refractivity contribution >= 4 is 27.7 Å². The van der Waals surface area contributed by atoms with Crippen molar-refractivity contribution in [1.82, 2.24) is 9.88 Å². The van der Waals surface area contributed by atoms with E-state index in [1.807, 2.05) is 24.3 Å². The Bertz CT molecular complexity index is 601. The monoisotopic (exact) mass is 319 g/mol. The number of anilines is 1. The summed E-state index contributed by atoms with van der Waals surface area (Å²) in [5.74, 6) is 0.269. The standard InChI is InChI=1S/C14H14BrN3O/c1-18(9-11-4-2-3-5-12(11)15)14(19)10-6-7-17-13(16)8-10/h2-8H,9H2,1H3,(H2,16,17). The van der Waals surface area contributed by atoms with Crippen LogP contribution >= 0.6 is 15.9 Å².